The first-order valence-corrected chi connectivity index (χ1v) is 2.90. The van der Waals surface area contributed by atoms with Crippen molar-refractivity contribution in [2.24, 2.45) is 5.73 Å². The fourth-order valence-electron chi connectivity index (χ4n) is 0.532. The van der Waals surface area contributed by atoms with Gasteiger partial charge in [0.1, 0.15) is 0 Å². The fraction of sp³-hybridized carbons (Fsp3) is 0.400. The van der Waals surface area contributed by atoms with E-state index in [4.69, 9.17) is 0 Å². The molecule has 0 aliphatic heterocycles. The first-order chi connectivity index (χ1) is 5.43. The van der Waals surface area contributed by atoms with Crippen LogP contribution < -0.4 is 21.3 Å². The normalized spacial score (nSPS) is 10.8. The van der Waals surface area contributed by atoms with Crippen molar-refractivity contribution in [1.29, 1.82) is 0 Å². The van der Waals surface area contributed by atoms with Gasteiger partial charge in [-0.15, -0.1) is 0 Å². The molecule has 3 N–H and O–H groups in total. The van der Waals surface area contributed by atoms with Crippen LogP contribution >= 0.6 is 0 Å². The Balaban J connectivity index is 0. The van der Waals surface area contributed by atoms with Crippen LogP contribution in [0.15, 0.2) is 0 Å². The Morgan fingerprint density at radius 3 is 2.00 bits per heavy atom. The SMILES string of the molecule is NC(=O)N[C@@H](CC(=O)[O-])C(=O)[O-].[Mg+2]. The van der Waals surface area contributed by atoms with Gasteiger partial charge in [-0.2, -0.15) is 0 Å². The molecule has 0 heterocycles. The quantitative estimate of drug-likeness (QED) is 0.439. The number of nitrogens with two attached hydrogens (primary N) is 1. The summed E-state index contributed by atoms with van der Waals surface area (Å²) < 4.78 is 0. The fourth-order valence-corrected chi connectivity index (χ4v) is 0.532. The largest absolute Gasteiger partial charge is 2.00 e. The van der Waals surface area contributed by atoms with E-state index in [0.717, 1.165) is 0 Å². The van der Waals surface area contributed by atoms with E-state index >= 15 is 0 Å². The predicted octanol–water partition coefficient (Wildman–Crippen LogP) is -4.47. The van der Waals surface area contributed by atoms with E-state index in [2.05, 4.69) is 5.73 Å². The van der Waals surface area contributed by atoms with Crippen molar-refractivity contribution < 1.29 is 24.6 Å². The molecule has 2 amide bonds. The van der Waals surface area contributed by atoms with Crippen molar-refractivity contribution in [1.82, 2.24) is 5.32 Å². The molecule has 68 valence electrons. The molecule has 0 aromatic carbocycles. The zero-order valence-electron chi connectivity index (χ0n) is 6.61. The van der Waals surface area contributed by atoms with E-state index in [1.807, 2.05) is 0 Å². The first kappa shape index (κ1) is 14.5. The Labute approximate surface area is 89.4 Å². The number of rotatable bonds is 4. The van der Waals surface area contributed by atoms with E-state index in [1.165, 1.54) is 0 Å². The van der Waals surface area contributed by atoms with Gasteiger partial charge in [0.25, 0.3) is 0 Å². The molecular formula is C5H6MgN2O5. The summed E-state index contributed by atoms with van der Waals surface area (Å²) in [4.78, 5) is 30.1. The Bertz CT molecular complexity index is 203. The molecule has 0 radical (unpaired) electrons. The van der Waals surface area contributed by atoms with Gasteiger partial charge >= 0.3 is 29.1 Å². The van der Waals surface area contributed by atoms with Gasteiger partial charge in [-0.3, -0.25) is 0 Å². The maximum Gasteiger partial charge on any atom is 2.00 e. The molecule has 1 atom stereocenters. The Kier molecular flexibility index (Phi) is 7.24. The van der Waals surface area contributed by atoms with Crippen molar-refractivity contribution in [2.75, 3.05) is 0 Å². The number of primary amides is 1. The standard InChI is InChI=1S/C5H8N2O5.Mg/c6-5(12)7-2(4(10)11)1-3(8)9;/h2H,1H2,(H,8,9)(H,10,11)(H3,6,7,12);/q;+2/p-2/t2-;/m0./s1. The smallest absolute Gasteiger partial charge is 0.550 e. The average molecular weight is 198 g/mol. The number of urea groups is 1. The molecular weight excluding hydrogens is 192 g/mol. The van der Waals surface area contributed by atoms with Gasteiger partial charge in [-0.1, -0.05) is 0 Å². The third-order valence-electron chi connectivity index (χ3n) is 0.972. The molecule has 0 saturated carbocycles. The number of hydrogen-bond donors (Lipinski definition) is 2. The van der Waals surface area contributed by atoms with Crippen LogP contribution in [-0.4, -0.2) is 47.1 Å². The molecule has 8 heteroatoms. The number of carbonyl (C=O) groups is 3. The number of hydrogen-bond acceptors (Lipinski definition) is 5. The Hall–Kier alpha value is -1.02. The van der Waals surface area contributed by atoms with E-state index in [-0.39, 0.29) is 23.1 Å². The van der Waals surface area contributed by atoms with Gasteiger partial charge in [-0.05, 0) is 0 Å². The van der Waals surface area contributed by atoms with E-state index in [9.17, 15) is 24.6 Å². The molecule has 0 spiro atoms. The van der Waals surface area contributed by atoms with Crippen LogP contribution in [0.25, 0.3) is 0 Å². The number of carbonyl (C=O) groups excluding carboxylic acids is 3. The van der Waals surface area contributed by atoms with Gasteiger partial charge in [0, 0.05) is 12.4 Å². The summed E-state index contributed by atoms with van der Waals surface area (Å²) in [5, 5.41) is 21.7. The summed E-state index contributed by atoms with van der Waals surface area (Å²) >= 11 is 0. The zero-order valence-corrected chi connectivity index (χ0v) is 8.02. The van der Waals surface area contributed by atoms with Crippen molar-refractivity contribution in [3.63, 3.8) is 0 Å². The van der Waals surface area contributed by atoms with Crippen molar-refractivity contribution >= 4 is 41.0 Å². The second kappa shape index (κ2) is 6.49. The summed E-state index contributed by atoms with van der Waals surface area (Å²) in [6.45, 7) is 0. The maximum absolute atomic E-state index is 10.1. The second-order valence-electron chi connectivity index (χ2n) is 1.96. The van der Waals surface area contributed by atoms with Crippen molar-refractivity contribution in [2.45, 2.75) is 12.5 Å². The molecule has 0 aromatic rings. The van der Waals surface area contributed by atoms with Crippen LogP contribution in [0, 0.1) is 0 Å². The summed E-state index contributed by atoms with van der Waals surface area (Å²) in [6, 6.07) is -2.78. The van der Waals surface area contributed by atoms with Gasteiger partial charge in [0.05, 0.1) is 12.0 Å². The second-order valence-corrected chi connectivity index (χ2v) is 1.96. The minimum atomic E-state index is -1.72. The van der Waals surface area contributed by atoms with Gasteiger partial charge in [0.15, 0.2) is 0 Å². The van der Waals surface area contributed by atoms with Crippen LogP contribution in [0.1, 0.15) is 6.42 Å². The number of amides is 2. The zero-order chi connectivity index (χ0) is 9.72. The van der Waals surface area contributed by atoms with E-state index < -0.39 is 30.4 Å². The van der Waals surface area contributed by atoms with Crippen molar-refractivity contribution in [3.05, 3.63) is 0 Å². The average Bonchev–Trinajstić information content (AvgIpc) is 1.83. The van der Waals surface area contributed by atoms with E-state index in [1.54, 1.807) is 5.32 Å². The van der Waals surface area contributed by atoms with Crippen LogP contribution in [0.4, 0.5) is 4.79 Å². The van der Waals surface area contributed by atoms with Crippen LogP contribution in [0.2, 0.25) is 0 Å². The third-order valence-corrected chi connectivity index (χ3v) is 0.972. The minimum Gasteiger partial charge on any atom is -0.550 e. The summed E-state index contributed by atoms with van der Waals surface area (Å²) in [7, 11) is 0. The molecule has 7 nitrogen and oxygen atoms in total. The topological polar surface area (TPSA) is 135 Å². The molecule has 0 aliphatic carbocycles. The van der Waals surface area contributed by atoms with Gasteiger partial charge < -0.3 is 30.9 Å². The molecule has 0 aliphatic rings. The van der Waals surface area contributed by atoms with Gasteiger partial charge in [-0.25, -0.2) is 4.79 Å². The van der Waals surface area contributed by atoms with E-state index in [0.29, 0.717) is 0 Å². The van der Waals surface area contributed by atoms with Gasteiger partial charge in [0.2, 0.25) is 0 Å². The number of carboxylic acids is 2. The monoisotopic (exact) mass is 198 g/mol. The summed E-state index contributed by atoms with van der Waals surface area (Å²) in [6.07, 6.45) is -0.870. The summed E-state index contributed by atoms with van der Waals surface area (Å²) in [5.74, 6) is -3.34. The molecule has 0 bridgehead atoms. The number of aliphatic carboxylic acids is 2. The summed E-state index contributed by atoms with van der Waals surface area (Å²) in [5.41, 5.74) is 4.55. The number of nitrogens with one attached hydrogen (secondary N) is 1. The van der Waals surface area contributed by atoms with Crippen LogP contribution in [-0.2, 0) is 9.59 Å². The predicted molar refractivity (Wildman–Crippen MR) is 36.9 cm³/mol. The van der Waals surface area contributed by atoms with Crippen LogP contribution in [0.5, 0.6) is 0 Å². The van der Waals surface area contributed by atoms with Crippen molar-refractivity contribution in [3.8, 4) is 0 Å². The molecule has 0 unspecified atom stereocenters. The molecule has 13 heavy (non-hydrogen) atoms. The molecule has 0 saturated heterocycles. The Morgan fingerprint density at radius 1 is 1.31 bits per heavy atom. The molecule has 0 fully saturated rings. The number of carboxylic acid groups (broad SMARTS) is 2. The molecule has 0 aromatic heterocycles. The minimum absolute atomic E-state index is 0. The third kappa shape index (κ3) is 7.34. The molecule has 0 rings (SSSR count). The first-order valence-electron chi connectivity index (χ1n) is 2.90. The van der Waals surface area contributed by atoms with Crippen LogP contribution in [0.3, 0.4) is 0 Å². The Morgan fingerprint density at radius 2 is 1.77 bits per heavy atom. The maximum atomic E-state index is 10.1.